The Morgan fingerprint density at radius 1 is 1.35 bits per heavy atom. The van der Waals surface area contributed by atoms with E-state index in [4.69, 9.17) is 27.9 Å². The highest BCUT2D eigenvalue weighted by Gasteiger charge is 2.27. The van der Waals surface area contributed by atoms with Crippen molar-refractivity contribution in [1.29, 1.82) is 0 Å². The number of hydrogen-bond donors (Lipinski definition) is 1. The minimum absolute atomic E-state index is 0.0957. The number of rotatable bonds is 3. The summed E-state index contributed by atoms with van der Waals surface area (Å²) in [7, 11) is 0. The number of aromatic nitrogens is 3. The Bertz CT molecular complexity index is 624. The van der Waals surface area contributed by atoms with Gasteiger partial charge in [0.25, 0.3) is 0 Å². The van der Waals surface area contributed by atoms with Crippen LogP contribution in [-0.4, -0.2) is 26.7 Å². The van der Waals surface area contributed by atoms with Crippen molar-refractivity contribution in [3.63, 3.8) is 0 Å². The molecular weight excluding hydrogens is 301 g/mol. The second-order valence-electron chi connectivity index (χ2n) is 4.59. The zero-order chi connectivity index (χ0) is 14.1. The summed E-state index contributed by atoms with van der Waals surface area (Å²) in [6, 6.07) is 5.24. The van der Waals surface area contributed by atoms with Crippen LogP contribution in [0.4, 0.5) is 0 Å². The largest absolute Gasteiger partial charge is 0.390 e. The third-order valence-corrected chi connectivity index (χ3v) is 4.05. The van der Waals surface area contributed by atoms with Crippen LogP contribution in [0.5, 0.6) is 0 Å². The molecule has 3 rings (SSSR count). The Labute approximate surface area is 126 Å². The SMILES string of the molecule is OCc1nnn(-c2ccc(Cl)c(Cl)c2)c1C1CCCO1. The van der Waals surface area contributed by atoms with Crippen molar-refractivity contribution >= 4 is 23.2 Å². The number of aliphatic hydroxyl groups excluding tert-OH is 1. The van der Waals surface area contributed by atoms with E-state index in [1.165, 1.54) is 0 Å². The second kappa shape index (κ2) is 5.69. The third-order valence-electron chi connectivity index (χ3n) is 3.31. The normalized spacial score (nSPS) is 18.6. The average Bonchev–Trinajstić information content (AvgIpc) is 3.09. The Morgan fingerprint density at radius 2 is 2.20 bits per heavy atom. The molecule has 1 aliphatic heterocycles. The van der Waals surface area contributed by atoms with Crippen molar-refractivity contribution < 1.29 is 9.84 Å². The van der Waals surface area contributed by atoms with Crippen LogP contribution in [-0.2, 0) is 11.3 Å². The summed E-state index contributed by atoms with van der Waals surface area (Å²) in [5, 5.41) is 18.5. The van der Waals surface area contributed by atoms with Gasteiger partial charge in [0, 0.05) is 6.61 Å². The Morgan fingerprint density at radius 3 is 2.85 bits per heavy atom. The van der Waals surface area contributed by atoms with Gasteiger partial charge in [-0.25, -0.2) is 4.68 Å². The third kappa shape index (κ3) is 2.42. The van der Waals surface area contributed by atoms with Crippen LogP contribution in [0.2, 0.25) is 10.0 Å². The quantitative estimate of drug-likeness (QED) is 0.946. The van der Waals surface area contributed by atoms with E-state index in [0.717, 1.165) is 24.2 Å². The molecule has 1 saturated heterocycles. The number of benzene rings is 1. The summed E-state index contributed by atoms with van der Waals surface area (Å²) in [5.41, 5.74) is 2.06. The topological polar surface area (TPSA) is 60.2 Å². The van der Waals surface area contributed by atoms with Gasteiger partial charge >= 0.3 is 0 Å². The molecule has 0 saturated carbocycles. The smallest absolute Gasteiger partial charge is 0.114 e. The zero-order valence-electron chi connectivity index (χ0n) is 10.6. The molecule has 1 aromatic heterocycles. The summed E-state index contributed by atoms with van der Waals surface area (Å²) in [5.74, 6) is 0. The van der Waals surface area contributed by atoms with E-state index in [9.17, 15) is 5.11 Å². The predicted octanol–water partition coefficient (Wildman–Crippen LogP) is 2.92. The number of nitrogens with zero attached hydrogens (tertiary/aromatic N) is 3. The van der Waals surface area contributed by atoms with E-state index in [1.807, 2.05) is 6.07 Å². The predicted molar refractivity (Wildman–Crippen MR) is 75.2 cm³/mol. The van der Waals surface area contributed by atoms with Gasteiger partial charge in [-0.3, -0.25) is 0 Å². The molecule has 0 bridgehead atoms. The maximum atomic E-state index is 9.42. The van der Waals surface area contributed by atoms with Crippen LogP contribution < -0.4 is 0 Å². The lowest BCUT2D eigenvalue weighted by molar-refractivity contribution is 0.104. The monoisotopic (exact) mass is 313 g/mol. The average molecular weight is 314 g/mol. The van der Waals surface area contributed by atoms with Gasteiger partial charge in [-0.05, 0) is 31.0 Å². The zero-order valence-corrected chi connectivity index (χ0v) is 12.1. The van der Waals surface area contributed by atoms with Crippen LogP contribution in [0.15, 0.2) is 18.2 Å². The molecule has 5 nitrogen and oxygen atoms in total. The molecule has 20 heavy (non-hydrogen) atoms. The summed E-state index contributed by atoms with van der Waals surface area (Å²) in [6.07, 6.45) is 1.78. The van der Waals surface area contributed by atoms with Crippen LogP contribution in [0, 0.1) is 0 Å². The first-order valence-corrected chi connectivity index (χ1v) is 7.08. The molecule has 0 radical (unpaired) electrons. The molecule has 106 valence electrons. The molecular formula is C13H13Cl2N3O2. The molecule has 1 fully saturated rings. The van der Waals surface area contributed by atoms with Crippen molar-refractivity contribution in [3.8, 4) is 5.69 Å². The lowest BCUT2D eigenvalue weighted by Gasteiger charge is -2.13. The fourth-order valence-corrected chi connectivity index (χ4v) is 2.65. The molecule has 7 heteroatoms. The fourth-order valence-electron chi connectivity index (χ4n) is 2.36. The molecule has 0 spiro atoms. The number of halogens is 2. The van der Waals surface area contributed by atoms with Gasteiger partial charge in [0.15, 0.2) is 0 Å². The van der Waals surface area contributed by atoms with Gasteiger partial charge in [0.2, 0.25) is 0 Å². The van der Waals surface area contributed by atoms with Crippen LogP contribution in [0.25, 0.3) is 5.69 Å². The standard InChI is InChI=1S/C13H13Cl2N3O2/c14-9-4-3-8(6-10(9)15)18-13(11(7-19)16-17-18)12-2-1-5-20-12/h3-4,6,12,19H,1-2,5,7H2. The highest BCUT2D eigenvalue weighted by atomic mass is 35.5. The molecule has 0 aliphatic carbocycles. The van der Waals surface area contributed by atoms with E-state index < -0.39 is 0 Å². The fraction of sp³-hybridized carbons (Fsp3) is 0.385. The summed E-state index contributed by atoms with van der Waals surface area (Å²) in [6.45, 7) is 0.540. The minimum atomic E-state index is -0.170. The molecule has 1 aliphatic rings. The summed E-state index contributed by atoms with van der Waals surface area (Å²) < 4.78 is 7.34. The van der Waals surface area contributed by atoms with Crippen LogP contribution >= 0.6 is 23.2 Å². The van der Waals surface area contributed by atoms with Crippen molar-refractivity contribution in [1.82, 2.24) is 15.0 Å². The molecule has 1 N–H and O–H groups in total. The van der Waals surface area contributed by atoms with Crippen LogP contribution in [0.1, 0.15) is 30.3 Å². The van der Waals surface area contributed by atoms with Crippen LogP contribution in [0.3, 0.4) is 0 Å². The lowest BCUT2D eigenvalue weighted by Crippen LogP contribution is -2.09. The lowest BCUT2D eigenvalue weighted by atomic mass is 10.1. The molecule has 0 amide bonds. The highest BCUT2D eigenvalue weighted by Crippen LogP contribution is 2.32. The van der Waals surface area contributed by atoms with Gasteiger partial charge in [-0.2, -0.15) is 0 Å². The van der Waals surface area contributed by atoms with E-state index >= 15 is 0 Å². The summed E-state index contributed by atoms with van der Waals surface area (Å²) >= 11 is 12.0. The Hall–Kier alpha value is -1.14. The van der Waals surface area contributed by atoms with Gasteiger partial charge < -0.3 is 9.84 Å². The van der Waals surface area contributed by atoms with Gasteiger partial charge in [0.1, 0.15) is 11.8 Å². The molecule has 2 aromatic rings. The summed E-state index contributed by atoms with van der Waals surface area (Å²) in [4.78, 5) is 0. The molecule has 1 atom stereocenters. The van der Waals surface area contributed by atoms with Crippen molar-refractivity contribution in [2.75, 3.05) is 6.61 Å². The Balaban J connectivity index is 2.08. The van der Waals surface area contributed by atoms with E-state index in [0.29, 0.717) is 22.3 Å². The number of hydrogen-bond acceptors (Lipinski definition) is 4. The maximum Gasteiger partial charge on any atom is 0.114 e. The van der Waals surface area contributed by atoms with Crippen molar-refractivity contribution in [2.24, 2.45) is 0 Å². The van der Waals surface area contributed by atoms with E-state index in [2.05, 4.69) is 10.3 Å². The van der Waals surface area contributed by atoms with Gasteiger partial charge in [-0.1, -0.05) is 28.4 Å². The second-order valence-corrected chi connectivity index (χ2v) is 5.41. The molecule has 1 unspecified atom stereocenters. The van der Waals surface area contributed by atoms with Gasteiger partial charge in [0.05, 0.1) is 28.0 Å². The Kier molecular flexibility index (Phi) is 3.94. The van der Waals surface area contributed by atoms with Crippen molar-refractivity contribution in [3.05, 3.63) is 39.6 Å². The number of ether oxygens (including phenoxy) is 1. The van der Waals surface area contributed by atoms with Gasteiger partial charge in [-0.15, -0.1) is 5.10 Å². The first kappa shape index (κ1) is 13.8. The molecule has 1 aromatic carbocycles. The highest BCUT2D eigenvalue weighted by molar-refractivity contribution is 6.42. The first-order chi connectivity index (χ1) is 9.70. The van der Waals surface area contributed by atoms with Crippen molar-refractivity contribution in [2.45, 2.75) is 25.6 Å². The molecule has 2 heterocycles. The first-order valence-electron chi connectivity index (χ1n) is 6.33. The maximum absolute atomic E-state index is 9.42. The van der Waals surface area contributed by atoms with E-state index in [-0.39, 0.29) is 12.7 Å². The number of aliphatic hydroxyl groups is 1. The van der Waals surface area contributed by atoms with E-state index in [1.54, 1.807) is 16.8 Å². The minimum Gasteiger partial charge on any atom is -0.390 e.